The SMILES string of the molecule is CC(=O)NC(c1ccccc1)C1CCCO1. The van der Waals surface area contributed by atoms with E-state index in [1.165, 1.54) is 0 Å². The van der Waals surface area contributed by atoms with Crippen molar-refractivity contribution in [1.29, 1.82) is 0 Å². The average Bonchev–Trinajstić information content (AvgIpc) is 2.80. The highest BCUT2D eigenvalue weighted by atomic mass is 16.5. The van der Waals surface area contributed by atoms with Gasteiger partial charge >= 0.3 is 0 Å². The van der Waals surface area contributed by atoms with Gasteiger partial charge in [0.25, 0.3) is 0 Å². The molecular weight excluding hydrogens is 202 g/mol. The Kier molecular flexibility index (Phi) is 3.57. The fourth-order valence-electron chi connectivity index (χ4n) is 2.14. The van der Waals surface area contributed by atoms with Gasteiger partial charge in [0.05, 0.1) is 12.1 Å². The number of benzene rings is 1. The van der Waals surface area contributed by atoms with E-state index < -0.39 is 0 Å². The maximum Gasteiger partial charge on any atom is 0.217 e. The Hall–Kier alpha value is -1.35. The number of nitrogens with one attached hydrogen (secondary N) is 1. The third-order valence-electron chi connectivity index (χ3n) is 2.85. The van der Waals surface area contributed by atoms with Crippen LogP contribution < -0.4 is 5.32 Å². The second-order valence-electron chi connectivity index (χ2n) is 4.14. The molecule has 16 heavy (non-hydrogen) atoms. The predicted molar refractivity (Wildman–Crippen MR) is 62.0 cm³/mol. The topological polar surface area (TPSA) is 38.3 Å². The number of carbonyl (C=O) groups is 1. The van der Waals surface area contributed by atoms with Crippen molar-refractivity contribution in [3.05, 3.63) is 35.9 Å². The highest BCUT2D eigenvalue weighted by Crippen LogP contribution is 2.26. The first kappa shape index (κ1) is 11.1. The molecule has 2 atom stereocenters. The van der Waals surface area contributed by atoms with Crippen LogP contribution in [-0.2, 0) is 9.53 Å². The molecule has 1 aliphatic heterocycles. The lowest BCUT2D eigenvalue weighted by Gasteiger charge is -2.24. The van der Waals surface area contributed by atoms with Crippen molar-refractivity contribution in [2.24, 2.45) is 0 Å². The molecule has 0 aliphatic carbocycles. The van der Waals surface area contributed by atoms with Gasteiger partial charge in [-0.25, -0.2) is 0 Å². The Morgan fingerprint density at radius 2 is 2.19 bits per heavy atom. The Labute approximate surface area is 95.8 Å². The number of ether oxygens (including phenoxy) is 1. The van der Waals surface area contributed by atoms with Crippen LogP contribution in [0.25, 0.3) is 0 Å². The van der Waals surface area contributed by atoms with Gasteiger partial charge in [0.1, 0.15) is 0 Å². The molecule has 3 heteroatoms. The van der Waals surface area contributed by atoms with Crippen LogP contribution in [0.5, 0.6) is 0 Å². The van der Waals surface area contributed by atoms with Crippen molar-refractivity contribution in [1.82, 2.24) is 5.32 Å². The van der Waals surface area contributed by atoms with Crippen molar-refractivity contribution < 1.29 is 9.53 Å². The van der Waals surface area contributed by atoms with Crippen molar-refractivity contribution >= 4 is 5.91 Å². The van der Waals surface area contributed by atoms with Crippen LogP contribution in [0.4, 0.5) is 0 Å². The van der Waals surface area contributed by atoms with Gasteiger partial charge in [0, 0.05) is 13.5 Å². The van der Waals surface area contributed by atoms with E-state index in [9.17, 15) is 4.79 Å². The Morgan fingerprint density at radius 1 is 1.44 bits per heavy atom. The molecule has 86 valence electrons. The molecule has 1 saturated heterocycles. The summed E-state index contributed by atoms with van der Waals surface area (Å²) in [5.41, 5.74) is 1.12. The molecule has 0 aromatic heterocycles. The van der Waals surface area contributed by atoms with Crippen LogP contribution in [0.3, 0.4) is 0 Å². The first-order chi connectivity index (χ1) is 7.77. The van der Waals surface area contributed by atoms with Gasteiger partial charge in [-0.2, -0.15) is 0 Å². The molecule has 1 fully saturated rings. The van der Waals surface area contributed by atoms with Crippen molar-refractivity contribution in [2.45, 2.75) is 31.9 Å². The van der Waals surface area contributed by atoms with Crippen LogP contribution in [0, 0.1) is 0 Å². The third kappa shape index (κ3) is 2.61. The molecule has 2 unspecified atom stereocenters. The molecule has 0 radical (unpaired) electrons. The molecule has 1 aromatic carbocycles. The Morgan fingerprint density at radius 3 is 2.75 bits per heavy atom. The van der Waals surface area contributed by atoms with Gasteiger partial charge in [0.2, 0.25) is 5.91 Å². The lowest BCUT2D eigenvalue weighted by atomic mass is 9.99. The highest BCUT2D eigenvalue weighted by Gasteiger charge is 2.27. The molecule has 0 saturated carbocycles. The summed E-state index contributed by atoms with van der Waals surface area (Å²) in [4.78, 5) is 11.2. The predicted octanol–water partition coefficient (Wildman–Crippen LogP) is 2.04. The van der Waals surface area contributed by atoms with E-state index in [0.717, 1.165) is 25.0 Å². The quantitative estimate of drug-likeness (QED) is 0.844. The standard InChI is InChI=1S/C13H17NO2/c1-10(15)14-13(12-8-5-9-16-12)11-6-3-2-4-7-11/h2-4,6-7,12-13H,5,8-9H2,1H3,(H,14,15). The summed E-state index contributed by atoms with van der Waals surface area (Å²) in [5.74, 6) is -0.00986. The fourth-order valence-corrected chi connectivity index (χ4v) is 2.14. The zero-order chi connectivity index (χ0) is 11.4. The van der Waals surface area contributed by atoms with Crippen molar-refractivity contribution in [3.63, 3.8) is 0 Å². The number of carbonyl (C=O) groups excluding carboxylic acids is 1. The van der Waals surface area contributed by atoms with E-state index in [1.54, 1.807) is 6.92 Å². The second kappa shape index (κ2) is 5.12. The molecular formula is C13H17NO2. The summed E-state index contributed by atoms with van der Waals surface area (Å²) in [6.45, 7) is 2.35. The number of hydrogen-bond donors (Lipinski definition) is 1. The molecule has 3 nitrogen and oxygen atoms in total. The second-order valence-corrected chi connectivity index (χ2v) is 4.14. The first-order valence-corrected chi connectivity index (χ1v) is 5.71. The van der Waals surface area contributed by atoms with E-state index in [1.807, 2.05) is 30.3 Å². The van der Waals surface area contributed by atoms with Gasteiger partial charge in [-0.15, -0.1) is 0 Å². The van der Waals surface area contributed by atoms with E-state index >= 15 is 0 Å². The molecule has 0 spiro atoms. The highest BCUT2D eigenvalue weighted by molar-refractivity contribution is 5.73. The summed E-state index contributed by atoms with van der Waals surface area (Å²) >= 11 is 0. The summed E-state index contributed by atoms with van der Waals surface area (Å²) in [6, 6.07) is 9.99. The summed E-state index contributed by atoms with van der Waals surface area (Å²) in [7, 11) is 0. The molecule has 2 rings (SSSR count). The minimum atomic E-state index is -0.0128. The minimum absolute atomic E-state index is 0.00986. The zero-order valence-corrected chi connectivity index (χ0v) is 9.48. The van der Waals surface area contributed by atoms with E-state index in [4.69, 9.17) is 4.74 Å². The van der Waals surface area contributed by atoms with Crippen molar-refractivity contribution in [2.75, 3.05) is 6.61 Å². The van der Waals surface area contributed by atoms with E-state index in [2.05, 4.69) is 5.32 Å². The number of hydrogen-bond acceptors (Lipinski definition) is 2. The number of amides is 1. The minimum Gasteiger partial charge on any atom is -0.376 e. The largest absolute Gasteiger partial charge is 0.376 e. The van der Waals surface area contributed by atoms with E-state index in [-0.39, 0.29) is 18.1 Å². The molecule has 1 heterocycles. The fraction of sp³-hybridized carbons (Fsp3) is 0.462. The lowest BCUT2D eigenvalue weighted by molar-refractivity contribution is -0.120. The summed E-state index contributed by atoms with van der Waals surface area (Å²) < 4.78 is 5.66. The van der Waals surface area contributed by atoms with Crippen LogP contribution in [-0.4, -0.2) is 18.6 Å². The van der Waals surface area contributed by atoms with Gasteiger partial charge in [-0.05, 0) is 18.4 Å². The molecule has 1 N–H and O–H groups in total. The van der Waals surface area contributed by atoms with Gasteiger partial charge in [-0.3, -0.25) is 4.79 Å². The first-order valence-electron chi connectivity index (χ1n) is 5.71. The van der Waals surface area contributed by atoms with Crippen LogP contribution >= 0.6 is 0 Å². The normalized spacial score (nSPS) is 21.7. The van der Waals surface area contributed by atoms with Crippen molar-refractivity contribution in [3.8, 4) is 0 Å². The Bertz CT molecular complexity index is 344. The maximum absolute atomic E-state index is 11.2. The maximum atomic E-state index is 11.2. The van der Waals surface area contributed by atoms with Gasteiger partial charge < -0.3 is 10.1 Å². The molecule has 1 aromatic rings. The lowest BCUT2D eigenvalue weighted by Crippen LogP contribution is -2.34. The molecule has 0 bridgehead atoms. The average molecular weight is 219 g/mol. The van der Waals surface area contributed by atoms with E-state index in [0.29, 0.717) is 0 Å². The Balaban J connectivity index is 2.16. The van der Waals surface area contributed by atoms with Crippen LogP contribution in [0.1, 0.15) is 31.4 Å². The van der Waals surface area contributed by atoms with Gasteiger partial charge in [0.15, 0.2) is 0 Å². The van der Waals surface area contributed by atoms with Crippen LogP contribution in [0.2, 0.25) is 0 Å². The van der Waals surface area contributed by atoms with Crippen LogP contribution in [0.15, 0.2) is 30.3 Å². The number of rotatable bonds is 3. The smallest absolute Gasteiger partial charge is 0.217 e. The third-order valence-corrected chi connectivity index (χ3v) is 2.85. The summed E-state index contributed by atoms with van der Waals surface area (Å²) in [5, 5.41) is 2.97. The zero-order valence-electron chi connectivity index (χ0n) is 9.48. The molecule has 1 aliphatic rings. The molecule has 1 amide bonds. The monoisotopic (exact) mass is 219 g/mol. The summed E-state index contributed by atoms with van der Waals surface area (Å²) in [6.07, 6.45) is 2.21. The van der Waals surface area contributed by atoms with Gasteiger partial charge in [-0.1, -0.05) is 30.3 Å².